The standard InChI is InChI=1S/C11H8ClN3O4S/c12-8-1-2-9(10(4-8)14(16)17)13-5-7-3-11(15(18)19)20-6-7/h1-4,6,13H,5H2. The molecule has 0 aliphatic carbocycles. The molecule has 0 saturated heterocycles. The molecular weight excluding hydrogens is 306 g/mol. The van der Waals surface area contributed by atoms with Crippen molar-refractivity contribution in [2.75, 3.05) is 5.32 Å². The summed E-state index contributed by atoms with van der Waals surface area (Å²) in [5.74, 6) is 0. The van der Waals surface area contributed by atoms with Crippen LogP contribution in [-0.2, 0) is 6.54 Å². The van der Waals surface area contributed by atoms with Gasteiger partial charge in [0, 0.05) is 29.1 Å². The number of rotatable bonds is 5. The Morgan fingerprint density at radius 3 is 2.55 bits per heavy atom. The Hall–Kier alpha value is -2.19. The fourth-order valence-electron chi connectivity index (χ4n) is 1.55. The Morgan fingerprint density at radius 2 is 1.95 bits per heavy atom. The molecule has 2 rings (SSSR count). The van der Waals surface area contributed by atoms with Crippen molar-refractivity contribution >= 4 is 39.3 Å². The molecule has 0 radical (unpaired) electrons. The van der Waals surface area contributed by atoms with Crippen molar-refractivity contribution in [1.29, 1.82) is 0 Å². The lowest BCUT2D eigenvalue weighted by molar-refractivity contribution is -0.383. The van der Waals surface area contributed by atoms with E-state index in [2.05, 4.69) is 5.32 Å². The van der Waals surface area contributed by atoms with Gasteiger partial charge in [0.1, 0.15) is 5.69 Å². The van der Waals surface area contributed by atoms with Crippen LogP contribution >= 0.6 is 22.9 Å². The third-order valence-electron chi connectivity index (χ3n) is 2.46. The van der Waals surface area contributed by atoms with Crippen LogP contribution in [0.2, 0.25) is 5.02 Å². The van der Waals surface area contributed by atoms with Crippen LogP contribution in [0.25, 0.3) is 0 Å². The first-order chi connectivity index (χ1) is 9.47. The van der Waals surface area contributed by atoms with E-state index in [1.54, 1.807) is 5.38 Å². The van der Waals surface area contributed by atoms with Gasteiger partial charge in [-0.25, -0.2) is 0 Å². The number of nitrogens with one attached hydrogen (secondary N) is 1. The highest BCUT2D eigenvalue weighted by atomic mass is 35.5. The first-order valence-electron chi connectivity index (χ1n) is 5.37. The molecule has 0 unspecified atom stereocenters. The number of nitro groups is 2. The predicted molar refractivity (Wildman–Crippen MR) is 76.4 cm³/mol. The number of nitrogens with zero attached hydrogens (tertiary/aromatic N) is 2. The Labute approximate surface area is 122 Å². The molecule has 1 aromatic heterocycles. The van der Waals surface area contributed by atoms with Crippen molar-refractivity contribution in [3.05, 3.63) is 60.5 Å². The molecular formula is C11H8ClN3O4S. The molecule has 0 saturated carbocycles. The second-order valence-electron chi connectivity index (χ2n) is 3.82. The average Bonchev–Trinajstić information content (AvgIpc) is 2.86. The Morgan fingerprint density at radius 1 is 1.20 bits per heavy atom. The van der Waals surface area contributed by atoms with Crippen molar-refractivity contribution in [3.8, 4) is 0 Å². The molecule has 1 heterocycles. The van der Waals surface area contributed by atoms with E-state index in [4.69, 9.17) is 11.6 Å². The summed E-state index contributed by atoms with van der Waals surface area (Å²) < 4.78 is 0. The van der Waals surface area contributed by atoms with Gasteiger partial charge < -0.3 is 5.32 Å². The van der Waals surface area contributed by atoms with E-state index in [0.29, 0.717) is 11.3 Å². The Balaban J connectivity index is 2.14. The number of hydrogen-bond donors (Lipinski definition) is 1. The molecule has 104 valence electrons. The highest BCUT2D eigenvalue weighted by molar-refractivity contribution is 7.13. The first-order valence-corrected chi connectivity index (χ1v) is 6.63. The molecule has 2 aromatic rings. The number of hydrogen-bond acceptors (Lipinski definition) is 6. The largest absolute Gasteiger partial charge is 0.375 e. The lowest BCUT2D eigenvalue weighted by Gasteiger charge is -2.05. The van der Waals surface area contributed by atoms with Crippen molar-refractivity contribution < 1.29 is 9.85 Å². The van der Waals surface area contributed by atoms with Crippen LogP contribution in [0.5, 0.6) is 0 Å². The van der Waals surface area contributed by atoms with Gasteiger partial charge in [0.15, 0.2) is 0 Å². The number of benzene rings is 1. The molecule has 0 bridgehead atoms. The average molecular weight is 314 g/mol. The van der Waals surface area contributed by atoms with E-state index >= 15 is 0 Å². The molecule has 9 heteroatoms. The summed E-state index contributed by atoms with van der Waals surface area (Å²) in [6.45, 7) is 0.257. The van der Waals surface area contributed by atoms with Crippen molar-refractivity contribution in [3.63, 3.8) is 0 Å². The second-order valence-corrected chi connectivity index (χ2v) is 5.15. The molecule has 0 fully saturated rings. The van der Waals surface area contributed by atoms with Crippen LogP contribution in [0.3, 0.4) is 0 Å². The minimum Gasteiger partial charge on any atom is -0.375 e. The summed E-state index contributed by atoms with van der Waals surface area (Å²) in [7, 11) is 0. The van der Waals surface area contributed by atoms with Crippen LogP contribution in [0.4, 0.5) is 16.4 Å². The lowest BCUT2D eigenvalue weighted by Crippen LogP contribution is -2.01. The summed E-state index contributed by atoms with van der Waals surface area (Å²) in [5, 5.41) is 26.3. The zero-order valence-corrected chi connectivity index (χ0v) is 11.5. The molecule has 7 nitrogen and oxygen atoms in total. The van der Waals surface area contributed by atoms with Crippen LogP contribution in [0, 0.1) is 20.2 Å². The topological polar surface area (TPSA) is 98.3 Å². The van der Waals surface area contributed by atoms with Crippen molar-refractivity contribution in [2.24, 2.45) is 0 Å². The SMILES string of the molecule is O=[N+]([O-])c1cc(CNc2ccc(Cl)cc2[N+](=O)[O-])cs1. The monoisotopic (exact) mass is 313 g/mol. The third kappa shape index (κ3) is 3.22. The first kappa shape index (κ1) is 14.2. The fraction of sp³-hybridized carbons (Fsp3) is 0.0909. The number of thiophene rings is 1. The lowest BCUT2D eigenvalue weighted by atomic mass is 10.2. The number of anilines is 1. The van der Waals surface area contributed by atoms with Crippen LogP contribution < -0.4 is 5.32 Å². The highest BCUT2D eigenvalue weighted by Crippen LogP contribution is 2.29. The van der Waals surface area contributed by atoms with E-state index in [-0.39, 0.29) is 22.3 Å². The molecule has 0 aliphatic rings. The van der Waals surface area contributed by atoms with Gasteiger partial charge in [-0.05, 0) is 17.7 Å². The number of halogens is 1. The molecule has 20 heavy (non-hydrogen) atoms. The van der Waals surface area contributed by atoms with E-state index in [0.717, 1.165) is 11.3 Å². The maximum atomic E-state index is 10.9. The molecule has 1 aromatic carbocycles. The minimum absolute atomic E-state index is 0.0346. The van der Waals surface area contributed by atoms with E-state index in [1.165, 1.54) is 24.3 Å². The zero-order valence-electron chi connectivity index (χ0n) is 9.91. The minimum atomic E-state index is -0.537. The van der Waals surface area contributed by atoms with Gasteiger partial charge in [-0.2, -0.15) is 0 Å². The summed E-state index contributed by atoms with van der Waals surface area (Å²) in [6, 6.07) is 5.72. The predicted octanol–water partition coefficient (Wildman–Crippen LogP) is 3.83. The molecule has 0 spiro atoms. The maximum absolute atomic E-state index is 10.9. The molecule has 0 aliphatic heterocycles. The van der Waals surface area contributed by atoms with Gasteiger partial charge >= 0.3 is 5.00 Å². The fourth-order valence-corrected chi connectivity index (χ4v) is 2.45. The summed E-state index contributed by atoms with van der Waals surface area (Å²) in [5.41, 5.74) is 0.862. The van der Waals surface area contributed by atoms with E-state index in [1.807, 2.05) is 0 Å². The zero-order chi connectivity index (χ0) is 14.7. The summed E-state index contributed by atoms with van der Waals surface area (Å²) in [6.07, 6.45) is 0. The third-order valence-corrected chi connectivity index (χ3v) is 3.62. The molecule has 1 N–H and O–H groups in total. The van der Waals surface area contributed by atoms with Crippen LogP contribution in [-0.4, -0.2) is 9.85 Å². The van der Waals surface area contributed by atoms with E-state index < -0.39 is 9.85 Å². The maximum Gasteiger partial charge on any atom is 0.324 e. The molecule has 0 amide bonds. The van der Waals surface area contributed by atoms with Gasteiger partial charge in [0.2, 0.25) is 0 Å². The Bertz CT molecular complexity index is 673. The van der Waals surface area contributed by atoms with E-state index in [9.17, 15) is 20.2 Å². The highest BCUT2D eigenvalue weighted by Gasteiger charge is 2.15. The number of nitro benzene ring substituents is 1. The summed E-state index contributed by atoms with van der Waals surface area (Å²) in [4.78, 5) is 20.4. The quantitative estimate of drug-likeness (QED) is 0.668. The van der Waals surface area contributed by atoms with Gasteiger partial charge in [-0.1, -0.05) is 22.9 Å². The van der Waals surface area contributed by atoms with Crippen molar-refractivity contribution in [1.82, 2.24) is 0 Å². The van der Waals surface area contributed by atoms with Crippen LogP contribution in [0.15, 0.2) is 29.6 Å². The second kappa shape index (κ2) is 5.85. The van der Waals surface area contributed by atoms with Gasteiger partial charge in [-0.3, -0.25) is 20.2 Å². The normalized spacial score (nSPS) is 10.2. The molecule has 0 atom stereocenters. The Kier molecular flexibility index (Phi) is 4.16. The smallest absolute Gasteiger partial charge is 0.324 e. The summed E-state index contributed by atoms with van der Waals surface area (Å²) >= 11 is 6.72. The van der Waals surface area contributed by atoms with Crippen molar-refractivity contribution in [2.45, 2.75) is 6.54 Å². The van der Waals surface area contributed by atoms with Crippen LogP contribution in [0.1, 0.15) is 5.56 Å². The van der Waals surface area contributed by atoms with Gasteiger partial charge in [0.25, 0.3) is 5.69 Å². The van der Waals surface area contributed by atoms with Gasteiger partial charge in [0.05, 0.1) is 9.85 Å². The van der Waals surface area contributed by atoms with Gasteiger partial charge in [-0.15, -0.1) is 0 Å².